The van der Waals surface area contributed by atoms with Crippen LogP contribution in [0.15, 0.2) is 58.4 Å². The summed E-state index contributed by atoms with van der Waals surface area (Å²) in [5, 5.41) is 0. The minimum atomic E-state index is 0.470. The molecular weight excluding hydrogens is 326 g/mol. The van der Waals surface area contributed by atoms with Gasteiger partial charge in [-0.25, -0.2) is 4.99 Å². The highest BCUT2D eigenvalue weighted by Gasteiger charge is 2.10. The van der Waals surface area contributed by atoms with Gasteiger partial charge >= 0.3 is 0 Å². The Bertz CT molecular complexity index is 673. The summed E-state index contributed by atoms with van der Waals surface area (Å²) in [5.74, 6) is 1.95. The fraction of sp³-hybridized carbons (Fsp3) is 0.278. The Morgan fingerprint density at radius 3 is 2.74 bits per heavy atom. The lowest BCUT2D eigenvalue weighted by molar-refractivity contribution is 1.13. The van der Waals surface area contributed by atoms with Gasteiger partial charge in [0.1, 0.15) is 0 Å². The van der Waals surface area contributed by atoms with E-state index in [0.29, 0.717) is 11.8 Å². The van der Waals surface area contributed by atoms with Crippen molar-refractivity contribution in [2.45, 2.75) is 18.2 Å². The summed E-state index contributed by atoms with van der Waals surface area (Å²) in [4.78, 5) is 7.61. The number of thioether (sulfide) groups is 1. The second-order valence-corrected chi connectivity index (χ2v) is 6.57. The van der Waals surface area contributed by atoms with Crippen molar-refractivity contribution in [1.82, 2.24) is 0 Å². The minimum absolute atomic E-state index is 0.470. The smallest absolute Gasteiger partial charge is 0.200 e. The molecule has 0 atom stereocenters. The number of nitrogens with zero attached hydrogens (tertiary/aromatic N) is 2. The molecule has 0 bridgehead atoms. The molecule has 0 aromatic heterocycles. The van der Waals surface area contributed by atoms with Crippen molar-refractivity contribution < 1.29 is 0 Å². The number of hydrogen-bond donors (Lipinski definition) is 1. The van der Waals surface area contributed by atoms with Crippen LogP contribution in [-0.2, 0) is 6.42 Å². The second-order valence-electron chi connectivity index (χ2n) is 5.06. The van der Waals surface area contributed by atoms with E-state index in [4.69, 9.17) is 17.3 Å². The third-order valence-electron chi connectivity index (χ3n) is 3.47. The standard InChI is InChI=1S/C18H22ClN3S/c1-3-14-7-6-8-15(13-14)21-18(20)22(2)16-9-4-5-10-17(16)23-12-11-19/h4-10,13H,3,11-12H2,1-2H3,(H2,20,21). The highest BCUT2D eigenvalue weighted by molar-refractivity contribution is 7.99. The Labute approximate surface area is 147 Å². The number of anilines is 1. The minimum Gasteiger partial charge on any atom is -0.369 e. The van der Waals surface area contributed by atoms with Crippen molar-refractivity contribution in [2.24, 2.45) is 10.7 Å². The van der Waals surface area contributed by atoms with Crippen LogP contribution in [0.3, 0.4) is 0 Å². The van der Waals surface area contributed by atoms with E-state index in [-0.39, 0.29) is 0 Å². The molecule has 23 heavy (non-hydrogen) atoms. The molecule has 0 aliphatic rings. The van der Waals surface area contributed by atoms with Gasteiger partial charge in [-0.3, -0.25) is 0 Å². The fourth-order valence-electron chi connectivity index (χ4n) is 2.18. The van der Waals surface area contributed by atoms with Gasteiger partial charge in [-0.2, -0.15) is 0 Å². The number of alkyl halides is 1. The summed E-state index contributed by atoms with van der Waals surface area (Å²) >= 11 is 7.52. The lowest BCUT2D eigenvalue weighted by atomic mass is 10.1. The van der Waals surface area contributed by atoms with Crippen LogP contribution in [0, 0.1) is 0 Å². The summed E-state index contributed by atoms with van der Waals surface area (Å²) in [6, 6.07) is 16.3. The van der Waals surface area contributed by atoms with Crippen molar-refractivity contribution >= 4 is 40.7 Å². The van der Waals surface area contributed by atoms with Crippen molar-refractivity contribution in [3.05, 3.63) is 54.1 Å². The predicted molar refractivity (Wildman–Crippen MR) is 103 cm³/mol. The summed E-state index contributed by atoms with van der Waals surface area (Å²) < 4.78 is 0. The molecule has 2 aromatic carbocycles. The zero-order chi connectivity index (χ0) is 16.7. The maximum absolute atomic E-state index is 6.21. The maximum atomic E-state index is 6.21. The van der Waals surface area contributed by atoms with E-state index in [1.165, 1.54) is 5.56 Å². The maximum Gasteiger partial charge on any atom is 0.200 e. The largest absolute Gasteiger partial charge is 0.369 e. The molecule has 0 fully saturated rings. The van der Waals surface area contributed by atoms with Crippen LogP contribution >= 0.6 is 23.4 Å². The van der Waals surface area contributed by atoms with Gasteiger partial charge in [-0.1, -0.05) is 31.2 Å². The van der Waals surface area contributed by atoms with E-state index in [1.807, 2.05) is 42.3 Å². The van der Waals surface area contributed by atoms with Crippen LogP contribution < -0.4 is 10.6 Å². The van der Waals surface area contributed by atoms with Gasteiger partial charge in [-0.05, 0) is 36.2 Å². The van der Waals surface area contributed by atoms with E-state index >= 15 is 0 Å². The Morgan fingerprint density at radius 1 is 1.22 bits per heavy atom. The molecule has 0 amide bonds. The van der Waals surface area contributed by atoms with E-state index in [9.17, 15) is 0 Å². The number of aliphatic imine (C=N–C) groups is 1. The lowest BCUT2D eigenvalue weighted by Crippen LogP contribution is -2.34. The second kappa shape index (κ2) is 8.85. The van der Waals surface area contributed by atoms with Crippen LogP contribution in [-0.4, -0.2) is 24.6 Å². The predicted octanol–water partition coefficient (Wildman–Crippen LogP) is 4.66. The monoisotopic (exact) mass is 347 g/mol. The first-order chi connectivity index (χ1) is 11.2. The van der Waals surface area contributed by atoms with E-state index in [0.717, 1.165) is 28.4 Å². The molecule has 3 nitrogen and oxygen atoms in total. The fourth-order valence-corrected chi connectivity index (χ4v) is 3.24. The van der Waals surface area contributed by atoms with Crippen LogP contribution in [0.5, 0.6) is 0 Å². The molecule has 2 aromatic rings. The molecule has 0 radical (unpaired) electrons. The number of benzene rings is 2. The molecule has 0 aliphatic heterocycles. The Balaban J connectivity index is 2.25. The van der Waals surface area contributed by atoms with Crippen LogP contribution in [0.2, 0.25) is 0 Å². The molecule has 122 valence electrons. The van der Waals surface area contributed by atoms with Crippen LogP contribution in [0.1, 0.15) is 12.5 Å². The molecule has 0 spiro atoms. The van der Waals surface area contributed by atoms with E-state index in [1.54, 1.807) is 11.8 Å². The average molecular weight is 348 g/mol. The van der Waals surface area contributed by atoms with Crippen molar-refractivity contribution in [3.63, 3.8) is 0 Å². The summed E-state index contributed by atoms with van der Waals surface area (Å²) in [7, 11) is 1.93. The molecule has 0 unspecified atom stereocenters. The van der Waals surface area contributed by atoms with Crippen molar-refractivity contribution in [2.75, 3.05) is 23.6 Å². The number of nitrogens with two attached hydrogens (primary N) is 1. The number of guanidine groups is 1. The van der Waals surface area contributed by atoms with Gasteiger partial charge in [0.2, 0.25) is 5.96 Å². The molecule has 5 heteroatoms. The number of rotatable bonds is 6. The zero-order valence-corrected chi connectivity index (χ0v) is 15.1. The number of aryl methyl sites for hydroxylation is 1. The summed E-state index contributed by atoms with van der Waals surface area (Å²) in [6.45, 7) is 2.13. The van der Waals surface area contributed by atoms with Gasteiger partial charge < -0.3 is 10.6 Å². The first-order valence-electron chi connectivity index (χ1n) is 7.60. The van der Waals surface area contributed by atoms with Gasteiger partial charge in [0, 0.05) is 23.6 Å². The molecule has 2 N–H and O–H groups in total. The first kappa shape index (κ1) is 17.7. The molecular formula is C18H22ClN3S. The Kier molecular flexibility index (Phi) is 6.81. The average Bonchev–Trinajstić information content (AvgIpc) is 2.59. The molecule has 2 rings (SSSR count). The van der Waals surface area contributed by atoms with Crippen LogP contribution in [0.25, 0.3) is 0 Å². The van der Waals surface area contributed by atoms with Crippen molar-refractivity contribution in [3.8, 4) is 0 Å². The third-order valence-corrected chi connectivity index (χ3v) is 4.95. The topological polar surface area (TPSA) is 41.6 Å². The molecule has 0 saturated heterocycles. The van der Waals surface area contributed by atoms with Gasteiger partial charge in [0.25, 0.3) is 0 Å². The lowest BCUT2D eigenvalue weighted by Gasteiger charge is -2.21. The van der Waals surface area contributed by atoms with Crippen molar-refractivity contribution in [1.29, 1.82) is 0 Å². The third kappa shape index (κ3) is 4.91. The number of para-hydroxylation sites is 1. The quantitative estimate of drug-likeness (QED) is 0.357. The van der Waals surface area contributed by atoms with Gasteiger partial charge in [-0.15, -0.1) is 23.4 Å². The summed E-state index contributed by atoms with van der Waals surface area (Å²) in [5.41, 5.74) is 9.37. The normalized spacial score (nSPS) is 11.5. The summed E-state index contributed by atoms with van der Waals surface area (Å²) in [6.07, 6.45) is 0.983. The van der Waals surface area contributed by atoms with Crippen LogP contribution in [0.4, 0.5) is 11.4 Å². The highest BCUT2D eigenvalue weighted by Crippen LogP contribution is 2.29. The van der Waals surface area contributed by atoms with Gasteiger partial charge in [0.05, 0.1) is 11.4 Å². The first-order valence-corrected chi connectivity index (χ1v) is 9.12. The van der Waals surface area contributed by atoms with E-state index < -0.39 is 0 Å². The zero-order valence-electron chi connectivity index (χ0n) is 13.5. The number of hydrogen-bond acceptors (Lipinski definition) is 2. The SMILES string of the molecule is CCc1cccc(N=C(N)N(C)c2ccccc2SCCCl)c1. The molecule has 0 aliphatic carbocycles. The highest BCUT2D eigenvalue weighted by atomic mass is 35.5. The number of halogens is 1. The molecule has 0 saturated carbocycles. The Hall–Kier alpha value is -1.65. The Morgan fingerprint density at radius 2 is 2.00 bits per heavy atom. The van der Waals surface area contributed by atoms with E-state index in [2.05, 4.69) is 30.1 Å². The van der Waals surface area contributed by atoms with Gasteiger partial charge in [0.15, 0.2) is 0 Å². The molecule has 0 heterocycles.